The summed E-state index contributed by atoms with van der Waals surface area (Å²) in [4.78, 5) is 27.5. The highest BCUT2D eigenvalue weighted by Crippen LogP contribution is 2.24. The van der Waals surface area contributed by atoms with E-state index in [9.17, 15) is 9.59 Å². The summed E-state index contributed by atoms with van der Waals surface area (Å²) >= 11 is 1.15. The smallest absolute Gasteiger partial charge is 0.257 e. The first-order valence-electron chi connectivity index (χ1n) is 6.16. The minimum atomic E-state index is -0.221. The third-order valence-electron chi connectivity index (χ3n) is 3.01. The van der Waals surface area contributed by atoms with E-state index in [1.807, 2.05) is 0 Å². The number of carbonyl (C=O) groups excluding carboxylic acids is 2. The number of aryl methyl sites for hydroxylation is 2. The first kappa shape index (κ1) is 12.7. The van der Waals surface area contributed by atoms with Crippen molar-refractivity contribution >= 4 is 34.2 Å². The highest BCUT2D eigenvalue weighted by atomic mass is 32.1. The van der Waals surface area contributed by atoms with Gasteiger partial charge in [0.25, 0.3) is 5.91 Å². The average molecular weight is 288 g/mol. The van der Waals surface area contributed by atoms with Crippen molar-refractivity contribution in [3.05, 3.63) is 35.2 Å². The van der Waals surface area contributed by atoms with Crippen LogP contribution in [0.1, 0.15) is 28.2 Å². The Hall–Kier alpha value is -2.28. The third kappa shape index (κ3) is 2.53. The Kier molecular flexibility index (Phi) is 3.19. The molecule has 1 aromatic heterocycles. The topological polar surface area (TPSA) is 84.0 Å². The van der Waals surface area contributed by atoms with Gasteiger partial charge in [-0.25, -0.2) is 4.98 Å². The number of rotatable bonds is 2. The van der Waals surface area contributed by atoms with Crippen LogP contribution in [-0.4, -0.2) is 21.2 Å². The fraction of sp³-hybridized carbons (Fsp3) is 0.231. The third-order valence-corrected chi connectivity index (χ3v) is 3.73. The van der Waals surface area contributed by atoms with Crippen molar-refractivity contribution in [1.29, 1.82) is 0 Å². The number of amides is 2. The number of aromatic nitrogens is 2. The summed E-state index contributed by atoms with van der Waals surface area (Å²) in [5.41, 5.74) is 2.31. The SMILES string of the molecule is Cc1nsc(NC(=O)c2ccc3c(c2)CCC(=O)N3)n1. The van der Waals surface area contributed by atoms with Crippen LogP contribution >= 0.6 is 11.5 Å². The maximum atomic E-state index is 12.1. The van der Waals surface area contributed by atoms with Gasteiger partial charge in [-0.1, -0.05) is 0 Å². The second-order valence-electron chi connectivity index (χ2n) is 4.52. The molecule has 102 valence electrons. The molecular formula is C13H12N4O2S. The van der Waals surface area contributed by atoms with Gasteiger partial charge in [-0.05, 0) is 37.1 Å². The van der Waals surface area contributed by atoms with Crippen LogP contribution in [0.2, 0.25) is 0 Å². The lowest BCUT2D eigenvalue weighted by Gasteiger charge is -2.17. The molecule has 0 bridgehead atoms. The summed E-state index contributed by atoms with van der Waals surface area (Å²) in [6.45, 7) is 1.77. The fourth-order valence-corrected chi connectivity index (χ4v) is 2.61. The fourth-order valence-electron chi connectivity index (χ4n) is 2.04. The molecule has 6 nitrogen and oxygen atoms in total. The Morgan fingerprint density at radius 2 is 2.25 bits per heavy atom. The molecule has 0 radical (unpaired) electrons. The van der Waals surface area contributed by atoms with E-state index in [-0.39, 0.29) is 11.8 Å². The van der Waals surface area contributed by atoms with Crippen molar-refractivity contribution < 1.29 is 9.59 Å². The zero-order valence-corrected chi connectivity index (χ0v) is 11.6. The lowest BCUT2D eigenvalue weighted by molar-refractivity contribution is -0.116. The van der Waals surface area contributed by atoms with Crippen molar-refractivity contribution in [2.45, 2.75) is 19.8 Å². The lowest BCUT2D eigenvalue weighted by Crippen LogP contribution is -2.20. The van der Waals surface area contributed by atoms with Gasteiger partial charge < -0.3 is 5.32 Å². The van der Waals surface area contributed by atoms with Gasteiger partial charge in [0.1, 0.15) is 5.82 Å². The van der Waals surface area contributed by atoms with E-state index in [1.165, 1.54) is 0 Å². The number of anilines is 2. The molecule has 7 heteroatoms. The second kappa shape index (κ2) is 5.01. The van der Waals surface area contributed by atoms with Crippen molar-refractivity contribution in [3.63, 3.8) is 0 Å². The van der Waals surface area contributed by atoms with Crippen LogP contribution in [-0.2, 0) is 11.2 Å². The summed E-state index contributed by atoms with van der Waals surface area (Å²) < 4.78 is 4.01. The summed E-state index contributed by atoms with van der Waals surface area (Å²) in [5.74, 6) is 0.429. The standard InChI is InChI=1S/C13H12N4O2S/c1-7-14-13(20-17-7)16-12(19)9-2-4-10-8(6-9)3-5-11(18)15-10/h2,4,6H,3,5H2,1H3,(H,15,18)(H,14,16,17,19). The molecule has 0 fully saturated rings. The minimum Gasteiger partial charge on any atom is -0.326 e. The van der Waals surface area contributed by atoms with Crippen LogP contribution in [0, 0.1) is 6.92 Å². The van der Waals surface area contributed by atoms with Gasteiger partial charge in [0.05, 0.1) is 0 Å². The molecular weight excluding hydrogens is 276 g/mol. The molecule has 0 spiro atoms. The van der Waals surface area contributed by atoms with Crippen LogP contribution in [0.4, 0.5) is 10.8 Å². The molecule has 2 heterocycles. The summed E-state index contributed by atoms with van der Waals surface area (Å²) in [7, 11) is 0. The van der Waals surface area contributed by atoms with Crippen molar-refractivity contribution in [1.82, 2.24) is 9.36 Å². The number of nitrogens with one attached hydrogen (secondary N) is 2. The molecule has 2 aromatic rings. The van der Waals surface area contributed by atoms with E-state index in [1.54, 1.807) is 25.1 Å². The normalized spacial score (nSPS) is 13.6. The number of carbonyl (C=O) groups is 2. The molecule has 0 atom stereocenters. The number of fused-ring (bicyclic) bond motifs is 1. The molecule has 2 amide bonds. The predicted octanol–water partition coefficient (Wildman–Crippen LogP) is 1.98. The average Bonchev–Trinajstić information content (AvgIpc) is 2.83. The quantitative estimate of drug-likeness (QED) is 0.885. The van der Waals surface area contributed by atoms with Gasteiger partial charge in [-0.2, -0.15) is 4.37 Å². The molecule has 0 saturated carbocycles. The first-order valence-corrected chi connectivity index (χ1v) is 6.93. The van der Waals surface area contributed by atoms with Gasteiger partial charge >= 0.3 is 0 Å². The van der Waals surface area contributed by atoms with Crippen LogP contribution in [0.15, 0.2) is 18.2 Å². The Bertz CT molecular complexity index is 695. The molecule has 0 aliphatic carbocycles. The van der Waals surface area contributed by atoms with Gasteiger partial charge in [0.15, 0.2) is 0 Å². The zero-order valence-electron chi connectivity index (χ0n) is 10.8. The number of hydrogen-bond donors (Lipinski definition) is 2. The van der Waals surface area contributed by atoms with Crippen molar-refractivity contribution in [2.75, 3.05) is 10.6 Å². The molecule has 3 rings (SSSR count). The lowest BCUT2D eigenvalue weighted by atomic mass is 10.0. The van der Waals surface area contributed by atoms with E-state index < -0.39 is 0 Å². The maximum absolute atomic E-state index is 12.1. The Labute approximate surface area is 119 Å². The molecule has 1 aliphatic rings. The number of nitrogens with zero attached hydrogens (tertiary/aromatic N) is 2. The molecule has 1 aromatic carbocycles. The van der Waals surface area contributed by atoms with Crippen LogP contribution in [0.3, 0.4) is 0 Å². The predicted molar refractivity (Wildman–Crippen MR) is 76.0 cm³/mol. The zero-order chi connectivity index (χ0) is 14.1. The summed E-state index contributed by atoms with van der Waals surface area (Å²) in [6, 6.07) is 5.25. The summed E-state index contributed by atoms with van der Waals surface area (Å²) in [5, 5.41) is 5.99. The van der Waals surface area contributed by atoms with Gasteiger partial charge in [-0.15, -0.1) is 0 Å². The molecule has 0 saturated heterocycles. The number of hydrogen-bond acceptors (Lipinski definition) is 5. The molecule has 20 heavy (non-hydrogen) atoms. The second-order valence-corrected chi connectivity index (χ2v) is 5.27. The van der Waals surface area contributed by atoms with Crippen molar-refractivity contribution in [2.24, 2.45) is 0 Å². The van der Waals surface area contributed by atoms with E-state index in [0.717, 1.165) is 22.8 Å². The monoisotopic (exact) mass is 288 g/mol. The van der Waals surface area contributed by atoms with Gasteiger partial charge in [0.2, 0.25) is 11.0 Å². The van der Waals surface area contributed by atoms with Crippen LogP contribution in [0.25, 0.3) is 0 Å². The van der Waals surface area contributed by atoms with Gasteiger partial charge in [-0.3, -0.25) is 14.9 Å². The van der Waals surface area contributed by atoms with E-state index in [2.05, 4.69) is 20.0 Å². The Morgan fingerprint density at radius 3 is 3.00 bits per heavy atom. The van der Waals surface area contributed by atoms with Crippen molar-refractivity contribution in [3.8, 4) is 0 Å². The summed E-state index contributed by atoms with van der Waals surface area (Å²) in [6.07, 6.45) is 1.11. The molecule has 1 aliphatic heterocycles. The number of benzene rings is 1. The minimum absolute atomic E-state index is 0.0130. The van der Waals surface area contributed by atoms with E-state index >= 15 is 0 Å². The molecule has 2 N–H and O–H groups in total. The largest absolute Gasteiger partial charge is 0.326 e. The van der Waals surface area contributed by atoms with Crippen LogP contribution in [0.5, 0.6) is 0 Å². The molecule has 0 unspecified atom stereocenters. The highest BCUT2D eigenvalue weighted by molar-refractivity contribution is 7.09. The first-order chi connectivity index (χ1) is 9.61. The Morgan fingerprint density at radius 1 is 1.40 bits per heavy atom. The highest BCUT2D eigenvalue weighted by Gasteiger charge is 2.17. The van der Waals surface area contributed by atoms with E-state index in [0.29, 0.717) is 29.4 Å². The maximum Gasteiger partial charge on any atom is 0.257 e. The van der Waals surface area contributed by atoms with Crippen LogP contribution < -0.4 is 10.6 Å². The Balaban J connectivity index is 1.80. The van der Waals surface area contributed by atoms with Gasteiger partial charge in [0, 0.05) is 29.2 Å². The van der Waals surface area contributed by atoms with E-state index in [4.69, 9.17) is 0 Å².